The van der Waals surface area contributed by atoms with Crippen LogP contribution in [-0.4, -0.2) is 5.11 Å². The van der Waals surface area contributed by atoms with Crippen LogP contribution in [0.15, 0.2) is 69.6 Å². The number of rotatable bonds is 7. The average Bonchev–Trinajstić information content (AvgIpc) is 3.31. The van der Waals surface area contributed by atoms with Crippen LogP contribution in [0.25, 0.3) is 0 Å². The lowest BCUT2D eigenvalue weighted by atomic mass is 9.99. The van der Waals surface area contributed by atoms with E-state index in [-0.39, 0.29) is 17.8 Å². The van der Waals surface area contributed by atoms with E-state index in [9.17, 15) is 23.5 Å². The highest BCUT2D eigenvalue weighted by Gasteiger charge is 2.25. The first-order valence-electron chi connectivity index (χ1n) is 9.49. The number of nitrogens with one attached hydrogen (secondary N) is 2. The molecule has 1 aromatic heterocycles. The molecule has 0 radical (unpaired) electrons. The third-order valence-corrected chi connectivity index (χ3v) is 6.04. The molecule has 0 aliphatic heterocycles. The summed E-state index contributed by atoms with van der Waals surface area (Å²) in [5, 5.41) is 17.9. The van der Waals surface area contributed by atoms with Crippen LogP contribution in [-0.2, 0) is 0 Å². The summed E-state index contributed by atoms with van der Waals surface area (Å²) in [4.78, 5) is 24.1. The fourth-order valence-corrected chi connectivity index (χ4v) is 4.20. The minimum Gasteiger partial charge on any atom is -0.502 e. The second-order valence-electron chi connectivity index (χ2n) is 7.10. The van der Waals surface area contributed by atoms with E-state index in [0.717, 1.165) is 22.6 Å². The van der Waals surface area contributed by atoms with Gasteiger partial charge in [-0.1, -0.05) is 30.3 Å². The summed E-state index contributed by atoms with van der Waals surface area (Å²) in [7, 11) is 0. The normalized spacial score (nSPS) is 13.3. The molecule has 5 nitrogen and oxygen atoms in total. The van der Waals surface area contributed by atoms with Crippen molar-refractivity contribution in [2.75, 3.05) is 5.32 Å². The summed E-state index contributed by atoms with van der Waals surface area (Å²) in [6, 6.07) is 14.1. The fraction of sp³-hybridized carbons (Fsp3) is 0.130. The molecule has 3 aromatic carbocycles. The monoisotopic (exact) mass is 440 g/mol. The molecule has 0 aliphatic carbocycles. The van der Waals surface area contributed by atoms with Crippen LogP contribution < -0.4 is 21.5 Å². The van der Waals surface area contributed by atoms with Crippen LogP contribution in [0.4, 0.5) is 20.2 Å². The Hall–Kier alpha value is -3.36. The van der Waals surface area contributed by atoms with E-state index < -0.39 is 28.2 Å². The van der Waals surface area contributed by atoms with Crippen LogP contribution in [0.1, 0.15) is 35.0 Å². The first-order valence-corrected chi connectivity index (χ1v) is 10.4. The molecule has 3 N–H and O–H groups in total. The summed E-state index contributed by atoms with van der Waals surface area (Å²) in [5.74, 6) is -2.42. The van der Waals surface area contributed by atoms with Gasteiger partial charge in [-0.2, -0.15) is 0 Å². The predicted molar refractivity (Wildman–Crippen MR) is 117 cm³/mol. The zero-order valence-corrected chi connectivity index (χ0v) is 17.2. The number of anilines is 2. The molecule has 2 unspecified atom stereocenters. The smallest absolute Gasteiger partial charge is 0.271 e. The molecule has 2 atom stereocenters. The van der Waals surface area contributed by atoms with E-state index >= 15 is 0 Å². The maximum absolute atomic E-state index is 13.7. The van der Waals surface area contributed by atoms with Crippen LogP contribution in [0.3, 0.4) is 0 Å². The molecule has 0 spiro atoms. The zero-order chi connectivity index (χ0) is 22.1. The third-order valence-electron chi connectivity index (χ3n) is 5.10. The lowest BCUT2D eigenvalue weighted by Crippen LogP contribution is -2.33. The average molecular weight is 440 g/mol. The summed E-state index contributed by atoms with van der Waals surface area (Å²) >= 11 is 1.51. The fourth-order valence-electron chi connectivity index (χ4n) is 3.40. The number of hydrogen-bond donors (Lipinski definition) is 3. The molecule has 4 aromatic rings. The van der Waals surface area contributed by atoms with Crippen molar-refractivity contribution in [3.63, 3.8) is 0 Å². The Morgan fingerprint density at radius 3 is 2.42 bits per heavy atom. The van der Waals surface area contributed by atoms with Gasteiger partial charge in [-0.15, -0.1) is 11.3 Å². The van der Waals surface area contributed by atoms with Gasteiger partial charge in [0.15, 0.2) is 17.4 Å². The van der Waals surface area contributed by atoms with Gasteiger partial charge in [-0.25, -0.2) is 8.78 Å². The molecule has 158 valence electrons. The van der Waals surface area contributed by atoms with Gasteiger partial charge in [0, 0.05) is 16.6 Å². The molecule has 0 amide bonds. The van der Waals surface area contributed by atoms with Crippen molar-refractivity contribution in [2.24, 2.45) is 0 Å². The lowest BCUT2D eigenvalue weighted by molar-refractivity contribution is 0.466. The van der Waals surface area contributed by atoms with Crippen LogP contribution in [0.5, 0.6) is 5.75 Å². The first-order chi connectivity index (χ1) is 14.9. The molecule has 8 heteroatoms. The summed E-state index contributed by atoms with van der Waals surface area (Å²) in [6.45, 7) is 1.84. The SMILES string of the molecule is CC(NC(c1cccs1)c1ccccc1Nc1c(O)c(=O)c1=O)c1ccc(F)c(F)c1. The Kier molecular flexibility index (Phi) is 5.67. The topological polar surface area (TPSA) is 78.4 Å². The van der Waals surface area contributed by atoms with Crippen molar-refractivity contribution in [2.45, 2.75) is 19.0 Å². The first kappa shape index (κ1) is 20.9. The molecule has 4 rings (SSSR count). The van der Waals surface area contributed by atoms with E-state index in [0.29, 0.717) is 11.3 Å². The van der Waals surface area contributed by atoms with Crippen molar-refractivity contribution in [1.29, 1.82) is 0 Å². The van der Waals surface area contributed by atoms with Crippen molar-refractivity contribution in [3.05, 3.63) is 108 Å². The largest absolute Gasteiger partial charge is 0.502 e. The van der Waals surface area contributed by atoms with Crippen molar-refractivity contribution >= 4 is 22.7 Å². The molecule has 31 heavy (non-hydrogen) atoms. The Labute approximate surface area is 180 Å². The minimum absolute atomic E-state index is 0.143. The van der Waals surface area contributed by atoms with Gasteiger partial charge in [0.2, 0.25) is 0 Å². The van der Waals surface area contributed by atoms with Gasteiger partial charge in [0.25, 0.3) is 10.9 Å². The number of thiophene rings is 1. The molecular weight excluding hydrogens is 422 g/mol. The number of benzene rings is 2. The summed E-state index contributed by atoms with van der Waals surface area (Å²) in [5.41, 5.74) is 0.0325. The maximum atomic E-state index is 13.7. The van der Waals surface area contributed by atoms with E-state index in [4.69, 9.17) is 0 Å². The molecule has 0 saturated carbocycles. The Morgan fingerprint density at radius 2 is 1.74 bits per heavy atom. The number of halogens is 2. The van der Waals surface area contributed by atoms with Crippen molar-refractivity contribution < 1.29 is 13.9 Å². The molecular formula is C23H18F2N2O3S. The second-order valence-corrected chi connectivity index (χ2v) is 8.08. The number of hydrogen-bond acceptors (Lipinski definition) is 6. The van der Waals surface area contributed by atoms with E-state index in [1.165, 1.54) is 17.4 Å². The van der Waals surface area contributed by atoms with Gasteiger partial charge in [0.1, 0.15) is 5.69 Å². The molecule has 0 bridgehead atoms. The van der Waals surface area contributed by atoms with Crippen molar-refractivity contribution in [3.8, 4) is 5.75 Å². The van der Waals surface area contributed by atoms with Gasteiger partial charge in [-0.05, 0) is 47.7 Å². The van der Waals surface area contributed by atoms with E-state index in [1.807, 2.05) is 36.6 Å². The highest BCUT2D eigenvalue weighted by atomic mass is 32.1. The van der Waals surface area contributed by atoms with Crippen LogP contribution in [0, 0.1) is 11.6 Å². The van der Waals surface area contributed by atoms with Gasteiger partial charge < -0.3 is 10.4 Å². The Morgan fingerprint density at radius 1 is 0.968 bits per heavy atom. The molecule has 0 fully saturated rings. The van der Waals surface area contributed by atoms with E-state index in [2.05, 4.69) is 10.6 Å². The molecule has 1 heterocycles. The van der Waals surface area contributed by atoms with Crippen LogP contribution in [0.2, 0.25) is 0 Å². The van der Waals surface area contributed by atoms with Gasteiger partial charge in [-0.3, -0.25) is 14.9 Å². The third kappa shape index (κ3) is 3.99. The lowest BCUT2D eigenvalue weighted by Gasteiger charge is -2.26. The molecule has 0 aliphatic rings. The predicted octanol–water partition coefficient (Wildman–Crippen LogP) is 4.51. The Bertz CT molecular complexity index is 1300. The van der Waals surface area contributed by atoms with Crippen LogP contribution >= 0.6 is 11.3 Å². The highest BCUT2D eigenvalue weighted by molar-refractivity contribution is 7.10. The Balaban J connectivity index is 1.70. The quantitative estimate of drug-likeness (QED) is 0.369. The van der Waals surface area contributed by atoms with Gasteiger partial charge >= 0.3 is 0 Å². The minimum atomic E-state index is -0.920. The van der Waals surface area contributed by atoms with Gasteiger partial charge in [0.05, 0.1) is 6.04 Å². The summed E-state index contributed by atoms with van der Waals surface area (Å²) in [6.07, 6.45) is 0. The zero-order valence-electron chi connectivity index (χ0n) is 16.4. The number of aromatic hydroxyl groups is 1. The standard InChI is InChI=1S/C23H18F2N2O3S/c1-12(13-8-9-15(24)16(25)11-13)26-19(18-7-4-10-31-18)14-5-2-3-6-17(14)27-20-21(28)23(30)22(20)29/h2-12,19,26-28H,1H3. The number of para-hydroxylation sites is 1. The highest BCUT2D eigenvalue weighted by Crippen LogP contribution is 2.35. The van der Waals surface area contributed by atoms with Crippen molar-refractivity contribution in [1.82, 2.24) is 5.32 Å². The summed E-state index contributed by atoms with van der Waals surface area (Å²) < 4.78 is 27.1. The van der Waals surface area contributed by atoms with E-state index in [1.54, 1.807) is 12.1 Å². The maximum Gasteiger partial charge on any atom is 0.271 e. The molecule has 0 saturated heterocycles. The second kappa shape index (κ2) is 8.41.